The van der Waals surface area contributed by atoms with Gasteiger partial charge in [0.15, 0.2) is 6.29 Å². The molecule has 2 saturated heterocycles. The van der Waals surface area contributed by atoms with Gasteiger partial charge in [0.2, 0.25) is 5.91 Å². The molecule has 0 aliphatic carbocycles. The second-order valence-electron chi connectivity index (χ2n) is 7.40. The highest BCUT2D eigenvalue weighted by molar-refractivity contribution is 5.93. The van der Waals surface area contributed by atoms with E-state index < -0.39 is 0 Å². The molecule has 0 aromatic heterocycles. The second-order valence-corrected chi connectivity index (χ2v) is 7.40. The zero-order chi connectivity index (χ0) is 18.6. The normalized spacial score (nSPS) is 25.1. The average molecular weight is 374 g/mol. The highest BCUT2D eigenvalue weighted by atomic mass is 16.8. The minimum atomic E-state index is -0.373. The Morgan fingerprint density at radius 1 is 1.15 bits per heavy atom. The van der Waals surface area contributed by atoms with Crippen LogP contribution in [-0.2, 0) is 32.1 Å². The number of nitrogens with one attached hydrogen (secondary N) is 1. The molecule has 7 heteroatoms. The summed E-state index contributed by atoms with van der Waals surface area (Å²) in [6.07, 6.45) is 4.08. The Kier molecular flexibility index (Phi) is 5.71. The lowest BCUT2D eigenvalue weighted by Crippen LogP contribution is -2.40. The molecule has 2 unspecified atom stereocenters. The van der Waals surface area contributed by atoms with Crippen LogP contribution < -0.4 is 5.48 Å². The first-order chi connectivity index (χ1) is 13.2. The van der Waals surface area contributed by atoms with Gasteiger partial charge < -0.3 is 14.4 Å². The van der Waals surface area contributed by atoms with E-state index in [1.54, 1.807) is 0 Å². The maximum atomic E-state index is 12.6. The van der Waals surface area contributed by atoms with E-state index >= 15 is 0 Å². The van der Waals surface area contributed by atoms with Crippen LogP contribution in [0.4, 0.5) is 0 Å². The van der Waals surface area contributed by atoms with Crippen LogP contribution in [0, 0.1) is 5.92 Å². The van der Waals surface area contributed by atoms with Crippen molar-refractivity contribution in [3.8, 4) is 0 Å². The zero-order valence-corrected chi connectivity index (χ0v) is 15.4. The van der Waals surface area contributed by atoms with E-state index in [4.69, 9.17) is 14.3 Å². The van der Waals surface area contributed by atoms with Gasteiger partial charge in [0.1, 0.15) is 0 Å². The largest absolute Gasteiger partial charge is 0.381 e. The van der Waals surface area contributed by atoms with Crippen molar-refractivity contribution < 1.29 is 23.9 Å². The number of hydrogen-bond donors (Lipinski definition) is 1. The van der Waals surface area contributed by atoms with Gasteiger partial charge in [-0.25, -0.2) is 10.3 Å². The van der Waals surface area contributed by atoms with Crippen LogP contribution in [0.1, 0.15) is 47.2 Å². The van der Waals surface area contributed by atoms with Crippen molar-refractivity contribution >= 4 is 11.8 Å². The summed E-state index contributed by atoms with van der Waals surface area (Å²) >= 11 is 0. The average Bonchev–Trinajstić information content (AvgIpc) is 3.26. The van der Waals surface area contributed by atoms with Gasteiger partial charge in [-0.3, -0.25) is 9.59 Å². The summed E-state index contributed by atoms with van der Waals surface area (Å²) in [7, 11) is 0. The van der Waals surface area contributed by atoms with Crippen LogP contribution >= 0.6 is 0 Å². The first-order valence-corrected chi connectivity index (χ1v) is 9.76. The van der Waals surface area contributed by atoms with Gasteiger partial charge in [-0.15, -0.1) is 0 Å². The van der Waals surface area contributed by atoms with Gasteiger partial charge in [0, 0.05) is 38.3 Å². The van der Waals surface area contributed by atoms with E-state index in [9.17, 15) is 9.59 Å². The monoisotopic (exact) mass is 374 g/mol. The third-order valence-electron chi connectivity index (χ3n) is 5.49. The summed E-state index contributed by atoms with van der Waals surface area (Å²) < 4.78 is 10.8. The van der Waals surface area contributed by atoms with E-state index in [2.05, 4.69) is 5.48 Å². The van der Waals surface area contributed by atoms with Crippen molar-refractivity contribution in [2.75, 3.05) is 26.4 Å². The molecule has 4 rings (SSSR count). The number of amides is 2. The van der Waals surface area contributed by atoms with Gasteiger partial charge in [-0.1, -0.05) is 6.07 Å². The molecule has 1 N–H and O–H groups in total. The predicted molar refractivity (Wildman–Crippen MR) is 96.6 cm³/mol. The van der Waals surface area contributed by atoms with Crippen LogP contribution in [0.25, 0.3) is 0 Å². The Labute approximate surface area is 158 Å². The Morgan fingerprint density at radius 2 is 2.07 bits per heavy atom. The van der Waals surface area contributed by atoms with Gasteiger partial charge >= 0.3 is 0 Å². The number of fused-ring (bicyclic) bond motifs is 1. The lowest BCUT2D eigenvalue weighted by atomic mass is 9.96. The van der Waals surface area contributed by atoms with E-state index in [1.807, 2.05) is 23.1 Å². The van der Waals surface area contributed by atoms with Crippen LogP contribution in [0.3, 0.4) is 0 Å². The van der Waals surface area contributed by atoms with Crippen molar-refractivity contribution in [1.82, 2.24) is 10.4 Å². The summed E-state index contributed by atoms with van der Waals surface area (Å²) in [5, 5.41) is 0. The first kappa shape index (κ1) is 18.4. The van der Waals surface area contributed by atoms with Crippen molar-refractivity contribution in [3.05, 3.63) is 34.9 Å². The molecule has 1 aromatic carbocycles. The number of carbonyl (C=O) groups is 2. The van der Waals surface area contributed by atoms with Crippen LogP contribution in [0.15, 0.2) is 18.2 Å². The highest BCUT2D eigenvalue weighted by Gasteiger charge is 2.30. The predicted octanol–water partition coefficient (Wildman–Crippen LogP) is 1.80. The van der Waals surface area contributed by atoms with Gasteiger partial charge in [0.25, 0.3) is 5.91 Å². The van der Waals surface area contributed by atoms with Crippen molar-refractivity contribution in [2.24, 2.45) is 5.92 Å². The molecule has 2 atom stereocenters. The third kappa shape index (κ3) is 4.31. The van der Waals surface area contributed by atoms with Crippen molar-refractivity contribution in [2.45, 2.75) is 44.9 Å². The Bertz CT molecular complexity index is 696. The number of hydroxylamine groups is 1. The standard InChI is InChI=1S/C20H26N2O5/c23-19(21-27-18-3-1-2-9-26-18)15-5-4-14-6-8-22(12-17(14)11-15)20(24)16-7-10-25-13-16/h4-5,11,16,18H,1-3,6-10,12-13H2,(H,21,23). The molecule has 3 aliphatic heterocycles. The zero-order valence-electron chi connectivity index (χ0n) is 15.4. The molecule has 3 aliphatic rings. The van der Waals surface area contributed by atoms with Gasteiger partial charge in [-0.2, -0.15) is 0 Å². The third-order valence-corrected chi connectivity index (χ3v) is 5.49. The summed E-state index contributed by atoms with van der Waals surface area (Å²) in [6.45, 7) is 3.10. The molecular formula is C20H26N2O5. The van der Waals surface area contributed by atoms with Gasteiger partial charge in [-0.05, 0) is 48.9 Å². The first-order valence-electron chi connectivity index (χ1n) is 9.76. The van der Waals surface area contributed by atoms with E-state index in [0.29, 0.717) is 31.9 Å². The molecule has 2 fully saturated rings. The topological polar surface area (TPSA) is 77.1 Å². The quantitative estimate of drug-likeness (QED) is 0.813. The molecule has 0 spiro atoms. The number of benzene rings is 1. The van der Waals surface area contributed by atoms with Crippen LogP contribution in [0.2, 0.25) is 0 Å². The number of hydrogen-bond acceptors (Lipinski definition) is 5. The second kappa shape index (κ2) is 8.37. The summed E-state index contributed by atoms with van der Waals surface area (Å²) in [4.78, 5) is 32.3. The molecule has 1 aromatic rings. The minimum Gasteiger partial charge on any atom is -0.381 e. The number of nitrogens with zero attached hydrogens (tertiary/aromatic N) is 1. The molecular weight excluding hydrogens is 348 g/mol. The molecule has 2 amide bonds. The maximum absolute atomic E-state index is 12.6. The molecule has 0 bridgehead atoms. The van der Waals surface area contributed by atoms with E-state index in [0.717, 1.165) is 44.2 Å². The molecule has 3 heterocycles. The molecule has 0 saturated carbocycles. The molecule has 7 nitrogen and oxygen atoms in total. The van der Waals surface area contributed by atoms with Gasteiger partial charge in [0.05, 0.1) is 12.5 Å². The molecule has 0 radical (unpaired) electrons. The van der Waals surface area contributed by atoms with Crippen molar-refractivity contribution in [1.29, 1.82) is 0 Å². The SMILES string of the molecule is O=C(NOC1CCCCO1)c1ccc2c(c1)CN(C(=O)C1CCOC1)CC2. The smallest absolute Gasteiger partial charge is 0.274 e. The van der Waals surface area contributed by atoms with E-state index in [-0.39, 0.29) is 24.0 Å². The van der Waals surface area contributed by atoms with Crippen LogP contribution in [-0.4, -0.2) is 49.4 Å². The summed E-state index contributed by atoms with van der Waals surface area (Å²) in [5.41, 5.74) is 5.24. The van der Waals surface area contributed by atoms with Crippen molar-refractivity contribution in [3.63, 3.8) is 0 Å². The number of rotatable bonds is 4. The lowest BCUT2D eigenvalue weighted by molar-refractivity contribution is -0.186. The fraction of sp³-hybridized carbons (Fsp3) is 0.600. The fourth-order valence-electron chi connectivity index (χ4n) is 3.86. The summed E-state index contributed by atoms with van der Waals surface area (Å²) in [5.74, 6) is -0.160. The highest BCUT2D eigenvalue weighted by Crippen LogP contribution is 2.24. The molecule has 27 heavy (non-hydrogen) atoms. The van der Waals surface area contributed by atoms with Crippen LogP contribution in [0.5, 0.6) is 0 Å². The Morgan fingerprint density at radius 3 is 2.85 bits per heavy atom. The van der Waals surface area contributed by atoms with E-state index in [1.165, 1.54) is 5.56 Å². The lowest BCUT2D eigenvalue weighted by Gasteiger charge is -2.31. The summed E-state index contributed by atoms with van der Waals surface area (Å²) in [6, 6.07) is 5.64. The molecule has 146 valence electrons. The fourth-order valence-corrected chi connectivity index (χ4v) is 3.86. The Balaban J connectivity index is 1.38. The number of ether oxygens (including phenoxy) is 2. The minimum absolute atomic E-state index is 0.0260. The Hall–Kier alpha value is -1.96. The number of carbonyl (C=O) groups excluding carboxylic acids is 2. The maximum Gasteiger partial charge on any atom is 0.274 e.